The number of aliphatic carboxylic acids is 1. The average molecular weight is 351 g/mol. The zero-order chi connectivity index (χ0) is 18.5. The second-order valence-corrected chi connectivity index (χ2v) is 6.11. The summed E-state index contributed by atoms with van der Waals surface area (Å²) in [6.07, 6.45) is -0.0443. The lowest BCUT2D eigenvalue weighted by molar-refractivity contribution is -0.141. The Morgan fingerprint density at radius 2 is 1.65 bits per heavy atom. The van der Waals surface area contributed by atoms with Crippen molar-refractivity contribution in [3.8, 4) is 0 Å². The van der Waals surface area contributed by atoms with Gasteiger partial charge in [-0.2, -0.15) is 0 Å². The summed E-state index contributed by atoms with van der Waals surface area (Å²) in [5, 5.41) is 13.9. The topological polar surface area (TPSA) is 66.4 Å². The smallest absolute Gasteiger partial charge is 0.326 e. The first-order valence-electron chi connectivity index (χ1n) is 8.26. The largest absolute Gasteiger partial charge is 0.480 e. The maximum atomic E-state index is 13.7. The third-order valence-electron chi connectivity index (χ3n) is 4.19. The van der Waals surface area contributed by atoms with Crippen molar-refractivity contribution in [1.29, 1.82) is 0 Å². The number of halogens is 1. The van der Waals surface area contributed by atoms with Crippen LogP contribution in [0.15, 0.2) is 66.7 Å². The number of nitrogens with one attached hydrogen (secondary N) is 1. The normalized spacial score (nSPS) is 11.9. The van der Waals surface area contributed by atoms with Gasteiger partial charge in [0, 0.05) is 6.42 Å². The molecule has 0 saturated carbocycles. The molecule has 3 aromatic rings. The SMILES string of the molecule is O=C(Cc1ccc2ccccc2c1)N[C@@H](Cc1ccccc1F)C(=O)O. The van der Waals surface area contributed by atoms with Crippen LogP contribution in [-0.2, 0) is 22.4 Å². The fourth-order valence-corrected chi connectivity index (χ4v) is 2.86. The molecule has 26 heavy (non-hydrogen) atoms. The van der Waals surface area contributed by atoms with Gasteiger partial charge in [0.15, 0.2) is 0 Å². The number of benzene rings is 3. The summed E-state index contributed by atoms with van der Waals surface area (Å²) in [7, 11) is 0. The molecule has 5 heteroatoms. The van der Waals surface area contributed by atoms with Crippen LogP contribution < -0.4 is 5.32 Å². The van der Waals surface area contributed by atoms with Gasteiger partial charge >= 0.3 is 5.97 Å². The van der Waals surface area contributed by atoms with Crippen molar-refractivity contribution >= 4 is 22.6 Å². The van der Waals surface area contributed by atoms with E-state index < -0.39 is 23.7 Å². The van der Waals surface area contributed by atoms with Gasteiger partial charge in [0.2, 0.25) is 5.91 Å². The molecule has 1 amide bonds. The van der Waals surface area contributed by atoms with Gasteiger partial charge in [-0.3, -0.25) is 4.79 Å². The van der Waals surface area contributed by atoms with Gasteiger partial charge in [0.05, 0.1) is 6.42 Å². The van der Waals surface area contributed by atoms with Crippen LogP contribution in [0.2, 0.25) is 0 Å². The van der Waals surface area contributed by atoms with E-state index in [4.69, 9.17) is 0 Å². The Morgan fingerprint density at radius 1 is 0.962 bits per heavy atom. The highest BCUT2D eigenvalue weighted by atomic mass is 19.1. The number of rotatable bonds is 6. The van der Waals surface area contributed by atoms with Crippen molar-refractivity contribution in [2.75, 3.05) is 0 Å². The van der Waals surface area contributed by atoms with Gasteiger partial charge in [-0.05, 0) is 28.0 Å². The zero-order valence-corrected chi connectivity index (χ0v) is 14.0. The van der Waals surface area contributed by atoms with E-state index in [1.54, 1.807) is 6.07 Å². The number of carbonyl (C=O) groups is 2. The minimum absolute atomic E-state index is 0.0614. The number of carboxylic acid groups (broad SMARTS) is 1. The van der Waals surface area contributed by atoms with Crippen molar-refractivity contribution in [3.05, 3.63) is 83.7 Å². The predicted octanol–water partition coefficient (Wildman–Crippen LogP) is 3.33. The van der Waals surface area contributed by atoms with E-state index in [9.17, 15) is 19.1 Å². The van der Waals surface area contributed by atoms with Crippen LogP contribution in [0.25, 0.3) is 10.8 Å². The molecular weight excluding hydrogens is 333 g/mol. The van der Waals surface area contributed by atoms with E-state index in [0.29, 0.717) is 0 Å². The van der Waals surface area contributed by atoms with Gasteiger partial charge in [0.1, 0.15) is 11.9 Å². The summed E-state index contributed by atoms with van der Waals surface area (Å²) >= 11 is 0. The first kappa shape index (κ1) is 17.6. The Labute approximate surface area is 150 Å². The van der Waals surface area contributed by atoms with E-state index in [1.807, 2.05) is 42.5 Å². The van der Waals surface area contributed by atoms with Crippen LogP contribution in [0.3, 0.4) is 0 Å². The van der Waals surface area contributed by atoms with Crippen molar-refractivity contribution in [2.24, 2.45) is 0 Å². The molecule has 0 unspecified atom stereocenters. The number of fused-ring (bicyclic) bond motifs is 1. The van der Waals surface area contributed by atoms with E-state index in [0.717, 1.165) is 16.3 Å². The molecule has 1 atom stereocenters. The number of amides is 1. The highest BCUT2D eigenvalue weighted by Gasteiger charge is 2.21. The van der Waals surface area contributed by atoms with E-state index >= 15 is 0 Å². The molecule has 0 aromatic heterocycles. The van der Waals surface area contributed by atoms with Crippen LogP contribution >= 0.6 is 0 Å². The standard InChI is InChI=1S/C21H18FNO3/c22-18-8-4-3-7-17(18)13-19(21(25)26)23-20(24)12-14-9-10-15-5-1-2-6-16(15)11-14/h1-11,19H,12-13H2,(H,23,24)(H,25,26)/t19-/m0/s1. The first-order valence-corrected chi connectivity index (χ1v) is 8.26. The molecule has 4 nitrogen and oxygen atoms in total. The fraction of sp³-hybridized carbons (Fsp3) is 0.143. The van der Waals surface area contributed by atoms with Crippen molar-refractivity contribution in [2.45, 2.75) is 18.9 Å². The number of carboxylic acids is 1. The number of hydrogen-bond acceptors (Lipinski definition) is 2. The number of hydrogen-bond donors (Lipinski definition) is 2. The fourth-order valence-electron chi connectivity index (χ4n) is 2.86. The molecule has 0 bridgehead atoms. The van der Waals surface area contributed by atoms with Gasteiger partial charge in [-0.1, -0.05) is 60.7 Å². The van der Waals surface area contributed by atoms with E-state index in [2.05, 4.69) is 5.32 Å². The van der Waals surface area contributed by atoms with Crippen LogP contribution in [0, 0.1) is 5.82 Å². The quantitative estimate of drug-likeness (QED) is 0.716. The summed E-state index contributed by atoms with van der Waals surface area (Å²) in [5.41, 5.74) is 1.04. The second kappa shape index (κ2) is 7.78. The Balaban J connectivity index is 1.69. The Morgan fingerprint density at radius 3 is 2.38 bits per heavy atom. The van der Waals surface area contributed by atoms with Crippen LogP contribution in [0.4, 0.5) is 4.39 Å². The second-order valence-electron chi connectivity index (χ2n) is 6.11. The summed E-state index contributed by atoms with van der Waals surface area (Å²) in [6.45, 7) is 0. The molecule has 2 N–H and O–H groups in total. The van der Waals surface area contributed by atoms with Gasteiger partial charge in [0.25, 0.3) is 0 Å². The molecule has 3 aromatic carbocycles. The lowest BCUT2D eigenvalue weighted by Gasteiger charge is -2.15. The average Bonchev–Trinajstić information content (AvgIpc) is 2.62. The minimum atomic E-state index is -1.19. The van der Waals surface area contributed by atoms with Gasteiger partial charge in [-0.15, -0.1) is 0 Å². The summed E-state index contributed by atoms with van der Waals surface area (Å²) < 4.78 is 13.7. The molecule has 132 valence electrons. The molecule has 0 saturated heterocycles. The zero-order valence-electron chi connectivity index (χ0n) is 14.0. The lowest BCUT2D eigenvalue weighted by atomic mass is 10.0. The highest BCUT2D eigenvalue weighted by molar-refractivity contribution is 5.87. The lowest BCUT2D eigenvalue weighted by Crippen LogP contribution is -2.43. The van der Waals surface area contributed by atoms with Gasteiger partial charge in [-0.25, -0.2) is 9.18 Å². The summed E-state index contributed by atoms with van der Waals surface area (Å²) in [6, 6.07) is 18.2. The monoisotopic (exact) mass is 351 g/mol. The van der Waals surface area contributed by atoms with Crippen LogP contribution in [0.1, 0.15) is 11.1 Å². The van der Waals surface area contributed by atoms with Crippen LogP contribution in [0.5, 0.6) is 0 Å². The van der Waals surface area contributed by atoms with Crippen molar-refractivity contribution in [1.82, 2.24) is 5.32 Å². The summed E-state index contributed by atoms with van der Waals surface area (Å²) in [4.78, 5) is 23.7. The minimum Gasteiger partial charge on any atom is -0.480 e. The first-order chi connectivity index (χ1) is 12.5. The Kier molecular flexibility index (Phi) is 5.27. The Hall–Kier alpha value is -3.21. The third kappa shape index (κ3) is 4.25. The van der Waals surface area contributed by atoms with Crippen molar-refractivity contribution in [3.63, 3.8) is 0 Å². The maximum absolute atomic E-state index is 13.7. The van der Waals surface area contributed by atoms with E-state index in [1.165, 1.54) is 18.2 Å². The van der Waals surface area contributed by atoms with Crippen molar-refractivity contribution < 1.29 is 19.1 Å². The molecule has 0 aliphatic rings. The number of carbonyl (C=O) groups excluding carboxylic acids is 1. The molecule has 0 aliphatic carbocycles. The third-order valence-corrected chi connectivity index (χ3v) is 4.19. The highest BCUT2D eigenvalue weighted by Crippen LogP contribution is 2.16. The molecule has 0 heterocycles. The summed E-state index contributed by atoms with van der Waals surface area (Å²) in [5.74, 6) is -2.09. The molecular formula is C21H18FNO3. The molecule has 0 fully saturated rings. The molecule has 0 radical (unpaired) electrons. The van der Waals surface area contributed by atoms with E-state index in [-0.39, 0.29) is 18.4 Å². The predicted molar refractivity (Wildman–Crippen MR) is 97.3 cm³/mol. The maximum Gasteiger partial charge on any atom is 0.326 e. The van der Waals surface area contributed by atoms with Gasteiger partial charge < -0.3 is 10.4 Å². The molecule has 3 rings (SSSR count). The Bertz CT molecular complexity index is 955. The van der Waals surface area contributed by atoms with Crippen LogP contribution in [-0.4, -0.2) is 23.0 Å². The molecule has 0 aliphatic heterocycles. The molecule has 0 spiro atoms.